The number of carbonyl (C=O) groups excluding carboxylic acids is 2. The number of rotatable bonds is 7. The van der Waals surface area contributed by atoms with Gasteiger partial charge in [0.05, 0.1) is 36.0 Å². The number of hydrogen-bond acceptors (Lipinski definition) is 6. The number of aryl methyl sites for hydroxylation is 1. The van der Waals surface area contributed by atoms with Crippen LogP contribution in [0.25, 0.3) is 0 Å². The van der Waals surface area contributed by atoms with Gasteiger partial charge in [0.2, 0.25) is 5.91 Å². The van der Waals surface area contributed by atoms with Gasteiger partial charge in [-0.15, -0.1) is 11.3 Å². The molecule has 0 aliphatic carbocycles. The Morgan fingerprint density at radius 3 is 2.70 bits per heavy atom. The number of amides is 1. The van der Waals surface area contributed by atoms with Gasteiger partial charge in [-0.25, -0.2) is 4.98 Å². The molecule has 0 radical (unpaired) electrons. The van der Waals surface area contributed by atoms with Crippen LogP contribution in [-0.4, -0.2) is 33.2 Å². The lowest BCUT2D eigenvalue weighted by atomic mass is 10.3. The van der Waals surface area contributed by atoms with Crippen molar-refractivity contribution in [3.63, 3.8) is 0 Å². The molecule has 0 aromatic carbocycles. The van der Waals surface area contributed by atoms with E-state index < -0.39 is 28.8 Å². The van der Waals surface area contributed by atoms with Crippen LogP contribution in [0.5, 0.6) is 0 Å². The Hall–Kier alpha value is -2.14. The quantitative estimate of drug-likeness (QED) is 0.688. The fourth-order valence-corrected chi connectivity index (χ4v) is 3.09. The predicted molar refractivity (Wildman–Crippen MR) is 92.7 cm³/mol. The third-order valence-electron chi connectivity index (χ3n) is 3.38. The van der Waals surface area contributed by atoms with Gasteiger partial charge in [0, 0.05) is 11.8 Å². The van der Waals surface area contributed by atoms with E-state index in [-0.39, 0.29) is 36.8 Å². The van der Waals surface area contributed by atoms with Crippen molar-refractivity contribution < 1.29 is 27.5 Å². The van der Waals surface area contributed by atoms with Crippen LogP contribution >= 0.6 is 22.9 Å². The number of nitrogens with one attached hydrogen (secondary N) is 1. The lowest BCUT2D eigenvalue weighted by Crippen LogP contribution is -2.16. The van der Waals surface area contributed by atoms with Crippen LogP contribution in [0.2, 0.25) is 5.02 Å². The molecule has 148 valence electrons. The average Bonchev–Trinajstić information content (AvgIpc) is 3.11. The molecular weight excluding hydrogens is 409 g/mol. The van der Waals surface area contributed by atoms with Gasteiger partial charge < -0.3 is 10.1 Å². The highest BCUT2D eigenvalue weighted by Gasteiger charge is 2.38. The summed E-state index contributed by atoms with van der Waals surface area (Å²) in [5, 5.41) is 7.37. The molecule has 2 aromatic heterocycles. The second-order valence-corrected chi connectivity index (χ2v) is 6.63. The molecule has 12 heteroatoms. The topological polar surface area (TPSA) is 86.1 Å². The molecule has 0 saturated heterocycles. The molecule has 27 heavy (non-hydrogen) atoms. The van der Waals surface area contributed by atoms with E-state index in [1.54, 1.807) is 12.3 Å². The van der Waals surface area contributed by atoms with Gasteiger partial charge in [-0.3, -0.25) is 14.3 Å². The highest BCUT2D eigenvalue weighted by atomic mass is 35.5. The Balaban J connectivity index is 1.92. The molecule has 0 unspecified atom stereocenters. The number of halogens is 4. The average molecular weight is 425 g/mol. The molecule has 0 atom stereocenters. The molecule has 2 aromatic rings. The van der Waals surface area contributed by atoms with Crippen molar-refractivity contribution in [3.05, 3.63) is 27.5 Å². The number of anilines is 1. The van der Waals surface area contributed by atoms with E-state index in [2.05, 4.69) is 15.4 Å². The Morgan fingerprint density at radius 2 is 2.11 bits per heavy atom. The zero-order chi connectivity index (χ0) is 20.2. The Kier molecular flexibility index (Phi) is 6.82. The van der Waals surface area contributed by atoms with Gasteiger partial charge in [0.25, 0.3) is 0 Å². The van der Waals surface area contributed by atoms with Crippen molar-refractivity contribution in [1.29, 1.82) is 0 Å². The fourth-order valence-electron chi connectivity index (χ4n) is 2.12. The zero-order valence-electron chi connectivity index (χ0n) is 14.4. The number of nitrogens with zero attached hydrogens (tertiary/aromatic N) is 3. The lowest BCUT2D eigenvalue weighted by molar-refractivity contribution is -0.142. The van der Waals surface area contributed by atoms with Crippen molar-refractivity contribution in [3.8, 4) is 0 Å². The summed E-state index contributed by atoms with van der Waals surface area (Å²) in [4.78, 5) is 27.5. The molecule has 1 amide bonds. The van der Waals surface area contributed by atoms with Crippen molar-refractivity contribution in [2.24, 2.45) is 0 Å². The standard InChI is InChI=1S/C15H16ClF3N4O3S/c1-3-26-11(25)6-9-7-27-14(20-9)21-10(24)4-5-23-8(2)12(16)13(22-23)15(17,18)19/h7H,3-6H2,1-2H3,(H,20,21,24). The molecule has 1 N–H and O–H groups in total. The highest BCUT2D eigenvalue weighted by Crippen LogP contribution is 2.35. The lowest BCUT2D eigenvalue weighted by Gasteiger charge is -2.05. The molecular formula is C15H16ClF3N4O3S. The Bertz CT molecular complexity index is 835. The van der Waals surface area contributed by atoms with E-state index >= 15 is 0 Å². The number of ether oxygens (including phenoxy) is 1. The third kappa shape index (κ3) is 5.67. The number of thiazole rings is 1. The SMILES string of the molecule is CCOC(=O)Cc1csc(NC(=O)CCn2nc(C(F)(F)F)c(Cl)c2C)n1. The normalized spacial score (nSPS) is 11.5. The number of carbonyl (C=O) groups is 2. The molecule has 0 bridgehead atoms. The van der Waals surface area contributed by atoms with Crippen LogP contribution < -0.4 is 5.32 Å². The maximum Gasteiger partial charge on any atom is 0.436 e. The summed E-state index contributed by atoms with van der Waals surface area (Å²) >= 11 is 6.79. The van der Waals surface area contributed by atoms with Gasteiger partial charge in [0.15, 0.2) is 10.8 Å². The van der Waals surface area contributed by atoms with Crippen LogP contribution in [0.4, 0.5) is 18.3 Å². The largest absolute Gasteiger partial charge is 0.466 e. The molecule has 0 fully saturated rings. The first-order chi connectivity index (χ1) is 12.6. The summed E-state index contributed by atoms with van der Waals surface area (Å²) in [7, 11) is 0. The minimum atomic E-state index is -4.66. The number of alkyl halides is 3. The first kappa shape index (κ1) is 21.2. The predicted octanol–water partition coefficient (Wildman–Crippen LogP) is 3.45. The summed E-state index contributed by atoms with van der Waals surface area (Å²) < 4.78 is 44.2. The van der Waals surface area contributed by atoms with Crippen LogP contribution in [-0.2, 0) is 33.5 Å². The summed E-state index contributed by atoms with van der Waals surface area (Å²) in [6.07, 6.45) is -4.79. The first-order valence-corrected chi connectivity index (χ1v) is 9.07. The maximum absolute atomic E-state index is 12.8. The van der Waals surface area contributed by atoms with E-state index in [1.165, 1.54) is 6.92 Å². The summed E-state index contributed by atoms with van der Waals surface area (Å²) in [6.45, 7) is 3.27. The number of esters is 1. The molecule has 0 aliphatic heterocycles. The number of aromatic nitrogens is 3. The van der Waals surface area contributed by atoms with E-state index in [0.717, 1.165) is 16.0 Å². The first-order valence-electron chi connectivity index (χ1n) is 7.81. The van der Waals surface area contributed by atoms with Gasteiger partial charge in [-0.1, -0.05) is 11.6 Å². The van der Waals surface area contributed by atoms with Gasteiger partial charge in [0.1, 0.15) is 0 Å². The molecule has 2 heterocycles. The Labute approximate surface area is 161 Å². The van der Waals surface area contributed by atoms with Crippen LogP contribution in [0, 0.1) is 6.92 Å². The van der Waals surface area contributed by atoms with Crippen molar-refractivity contribution in [2.45, 2.75) is 39.4 Å². The molecule has 7 nitrogen and oxygen atoms in total. The highest BCUT2D eigenvalue weighted by molar-refractivity contribution is 7.13. The summed E-state index contributed by atoms with van der Waals surface area (Å²) in [5.41, 5.74) is -0.591. The number of hydrogen-bond donors (Lipinski definition) is 1. The van der Waals surface area contributed by atoms with Crippen LogP contribution in [0.3, 0.4) is 0 Å². The minimum Gasteiger partial charge on any atom is -0.466 e. The maximum atomic E-state index is 12.8. The van der Waals surface area contributed by atoms with Crippen molar-refractivity contribution >= 4 is 39.9 Å². The smallest absolute Gasteiger partial charge is 0.436 e. The van der Waals surface area contributed by atoms with Crippen LogP contribution in [0.15, 0.2) is 5.38 Å². The molecule has 0 spiro atoms. The van der Waals surface area contributed by atoms with E-state index in [1.807, 2.05) is 0 Å². The molecule has 2 rings (SSSR count). The third-order valence-corrected chi connectivity index (χ3v) is 4.64. The summed E-state index contributed by atoms with van der Waals surface area (Å²) in [6, 6.07) is 0. The van der Waals surface area contributed by atoms with Crippen molar-refractivity contribution in [2.75, 3.05) is 11.9 Å². The Morgan fingerprint density at radius 1 is 1.41 bits per heavy atom. The van der Waals surface area contributed by atoms with Gasteiger partial charge >= 0.3 is 12.1 Å². The fraction of sp³-hybridized carbons (Fsp3) is 0.467. The van der Waals surface area contributed by atoms with E-state index in [0.29, 0.717) is 5.69 Å². The molecule has 0 saturated carbocycles. The van der Waals surface area contributed by atoms with E-state index in [4.69, 9.17) is 16.3 Å². The molecule has 0 aliphatic rings. The second-order valence-electron chi connectivity index (χ2n) is 5.39. The minimum absolute atomic E-state index is 0.00852. The van der Waals surface area contributed by atoms with E-state index in [9.17, 15) is 22.8 Å². The zero-order valence-corrected chi connectivity index (χ0v) is 16.0. The monoisotopic (exact) mass is 424 g/mol. The summed E-state index contributed by atoms with van der Waals surface area (Å²) in [5.74, 6) is -0.876. The van der Waals surface area contributed by atoms with Crippen LogP contribution in [0.1, 0.15) is 30.4 Å². The van der Waals surface area contributed by atoms with Gasteiger partial charge in [-0.2, -0.15) is 18.3 Å². The second kappa shape index (κ2) is 8.70. The van der Waals surface area contributed by atoms with Gasteiger partial charge in [-0.05, 0) is 13.8 Å². The van der Waals surface area contributed by atoms with Crippen molar-refractivity contribution in [1.82, 2.24) is 14.8 Å².